The third-order valence-electron chi connectivity index (χ3n) is 3.35. The maximum atomic E-state index is 11.9. The van der Waals surface area contributed by atoms with Crippen LogP contribution in [-0.2, 0) is 20.7 Å². The van der Waals surface area contributed by atoms with E-state index in [1.807, 2.05) is 31.2 Å². The second-order valence-electron chi connectivity index (χ2n) is 5.93. The van der Waals surface area contributed by atoms with Gasteiger partial charge in [0.2, 0.25) is 5.91 Å². The first kappa shape index (κ1) is 19.0. The lowest BCUT2D eigenvalue weighted by atomic mass is 9.98. The Kier molecular flexibility index (Phi) is 7.03. The lowest BCUT2D eigenvalue weighted by Crippen LogP contribution is -2.50. The predicted molar refractivity (Wildman–Crippen MR) is 88.1 cm³/mol. The summed E-state index contributed by atoms with van der Waals surface area (Å²) in [4.78, 5) is 23.8. The van der Waals surface area contributed by atoms with Crippen LogP contribution in [0.2, 0.25) is 0 Å². The van der Waals surface area contributed by atoms with Crippen molar-refractivity contribution in [3.05, 3.63) is 29.8 Å². The molecule has 1 amide bonds. The average Bonchev–Trinajstić information content (AvgIpc) is 2.51. The Morgan fingerprint density at radius 3 is 2.35 bits per heavy atom. The zero-order valence-corrected chi connectivity index (χ0v) is 14.2. The fourth-order valence-electron chi connectivity index (χ4n) is 2.02. The maximum Gasteiger partial charge on any atom is 0.310 e. The fourth-order valence-corrected chi connectivity index (χ4v) is 2.02. The van der Waals surface area contributed by atoms with Gasteiger partial charge in [0.1, 0.15) is 5.75 Å². The first-order valence-corrected chi connectivity index (χ1v) is 7.64. The second kappa shape index (κ2) is 8.53. The summed E-state index contributed by atoms with van der Waals surface area (Å²) in [7, 11) is 1.34. The van der Waals surface area contributed by atoms with Gasteiger partial charge < -0.3 is 20.5 Å². The number of hydrogen-bond acceptors (Lipinski definition) is 5. The van der Waals surface area contributed by atoms with Crippen molar-refractivity contribution in [3.63, 3.8) is 0 Å². The molecule has 0 aliphatic heterocycles. The topological polar surface area (TPSA) is 90.6 Å². The summed E-state index contributed by atoms with van der Waals surface area (Å²) >= 11 is 0. The molecule has 0 radical (unpaired) electrons. The van der Waals surface area contributed by atoms with Crippen LogP contribution in [-0.4, -0.2) is 37.7 Å². The van der Waals surface area contributed by atoms with E-state index in [-0.39, 0.29) is 18.4 Å². The summed E-state index contributed by atoms with van der Waals surface area (Å²) in [5, 5.41) is 2.70. The molecule has 1 aromatic rings. The first-order chi connectivity index (χ1) is 10.8. The van der Waals surface area contributed by atoms with Gasteiger partial charge in [-0.25, -0.2) is 0 Å². The normalized spacial score (nSPS) is 12.4. The van der Waals surface area contributed by atoms with E-state index in [9.17, 15) is 9.59 Å². The van der Waals surface area contributed by atoms with Crippen molar-refractivity contribution in [2.75, 3.05) is 20.3 Å². The lowest BCUT2D eigenvalue weighted by molar-refractivity contribution is -0.145. The number of amides is 1. The first-order valence-electron chi connectivity index (χ1n) is 7.64. The molecule has 0 fully saturated rings. The molecule has 0 saturated carbocycles. The minimum Gasteiger partial charge on any atom is -0.494 e. The Morgan fingerprint density at radius 2 is 1.87 bits per heavy atom. The largest absolute Gasteiger partial charge is 0.494 e. The molecule has 3 N–H and O–H groups in total. The number of nitrogens with one attached hydrogen (secondary N) is 1. The Bertz CT molecular complexity index is 520. The number of carbonyl (C=O) groups is 2. The van der Waals surface area contributed by atoms with Crippen molar-refractivity contribution in [3.8, 4) is 5.75 Å². The highest BCUT2D eigenvalue weighted by Gasteiger charge is 2.25. The van der Waals surface area contributed by atoms with Crippen molar-refractivity contribution in [2.45, 2.75) is 32.7 Å². The fraction of sp³-hybridized carbons (Fsp3) is 0.529. The van der Waals surface area contributed by atoms with E-state index >= 15 is 0 Å². The zero-order valence-electron chi connectivity index (χ0n) is 14.2. The molecular weight excluding hydrogens is 296 g/mol. The molecule has 0 aliphatic carbocycles. The Hall–Kier alpha value is -2.08. The predicted octanol–water partition coefficient (Wildman–Crippen LogP) is 1.27. The van der Waals surface area contributed by atoms with Gasteiger partial charge in [0.05, 0.1) is 25.2 Å². The van der Waals surface area contributed by atoms with E-state index in [2.05, 4.69) is 5.32 Å². The summed E-state index contributed by atoms with van der Waals surface area (Å²) in [6.07, 6.45) is 0.463. The van der Waals surface area contributed by atoms with Crippen LogP contribution >= 0.6 is 0 Å². The molecule has 1 atom stereocenters. The van der Waals surface area contributed by atoms with Crippen molar-refractivity contribution in [1.29, 1.82) is 0 Å². The van der Waals surface area contributed by atoms with Crippen LogP contribution in [0.1, 0.15) is 26.3 Å². The SMILES string of the molecule is CCOc1ccc(CC(CNC(=O)C(C)(C)N)C(=O)OC)cc1. The molecule has 128 valence electrons. The molecule has 0 aliphatic rings. The number of nitrogens with two attached hydrogens (primary N) is 1. The molecule has 1 rings (SSSR count). The van der Waals surface area contributed by atoms with Crippen molar-refractivity contribution in [2.24, 2.45) is 11.7 Å². The molecule has 1 aromatic carbocycles. The summed E-state index contributed by atoms with van der Waals surface area (Å²) in [5.74, 6) is -0.361. The van der Waals surface area contributed by atoms with E-state index in [0.29, 0.717) is 13.0 Å². The molecule has 0 aromatic heterocycles. The van der Waals surface area contributed by atoms with Crippen LogP contribution in [0.4, 0.5) is 0 Å². The number of methoxy groups -OCH3 is 1. The highest BCUT2D eigenvalue weighted by molar-refractivity contribution is 5.85. The van der Waals surface area contributed by atoms with Crippen LogP contribution in [0.5, 0.6) is 5.75 Å². The molecule has 0 heterocycles. The molecule has 0 spiro atoms. The minimum absolute atomic E-state index is 0.180. The molecule has 0 saturated heterocycles. The smallest absolute Gasteiger partial charge is 0.310 e. The third kappa shape index (κ3) is 6.28. The van der Waals surface area contributed by atoms with Crippen LogP contribution < -0.4 is 15.8 Å². The lowest BCUT2D eigenvalue weighted by Gasteiger charge is -2.21. The van der Waals surface area contributed by atoms with Gasteiger partial charge >= 0.3 is 5.97 Å². The van der Waals surface area contributed by atoms with E-state index in [0.717, 1.165) is 11.3 Å². The zero-order chi connectivity index (χ0) is 17.5. The van der Waals surface area contributed by atoms with Gasteiger partial charge in [-0.3, -0.25) is 9.59 Å². The van der Waals surface area contributed by atoms with Gasteiger partial charge in [-0.15, -0.1) is 0 Å². The quantitative estimate of drug-likeness (QED) is 0.703. The van der Waals surface area contributed by atoms with Gasteiger partial charge in [-0.05, 0) is 44.9 Å². The number of esters is 1. The number of ether oxygens (including phenoxy) is 2. The molecular formula is C17H26N2O4. The van der Waals surface area contributed by atoms with E-state index in [4.69, 9.17) is 15.2 Å². The van der Waals surface area contributed by atoms with Gasteiger partial charge in [0.25, 0.3) is 0 Å². The maximum absolute atomic E-state index is 11.9. The van der Waals surface area contributed by atoms with Crippen LogP contribution in [0.3, 0.4) is 0 Å². The van der Waals surface area contributed by atoms with Gasteiger partial charge in [0.15, 0.2) is 0 Å². The summed E-state index contributed by atoms with van der Waals surface area (Å²) < 4.78 is 10.2. The van der Waals surface area contributed by atoms with Crippen molar-refractivity contribution in [1.82, 2.24) is 5.32 Å². The van der Waals surface area contributed by atoms with Crippen molar-refractivity contribution >= 4 is 11.9 Å². The Morgan fingerprint density at radius 1 is 1.26 bits per heavy atom. The van der Waals surface area contributed by atoms with E-state index in [1.165, 1.54) is 7.11 Å². The van der Waals surface area contributed by atoms with E-state index < -0.39 is 11.5 Å². The van der Waals surface area contributed by atoms with Gasteiger partial charge in [-0.2, -0.15) is 0 Å². The van der Waals surface area contributed by atoms with E-state index in [1.54, 1.807) is 13.8 Å². The molecule has 0 bridgehead atoms. The third-order valence-corrected chi connectivity index (χ3v) is 3.35. The number of hydrogen-bond donors (Lipinski definition) is 2. The molecule has 1 unspecified atom stereocenters. The molecule has 6 nitrogen and oxygen atoms in total. The number of rotatable bonds is 8. The standard InChI is InChI=1S/C17H26N2O4/c1-5-23-14-8-6-12(7-9-14)10-13(15(20)22-4)11-19-16(21)17(2,3)18/h6-9,13H,5,10-11,18H2,1-4H3,(H,19,21). The van der Waals surface area contributed by atoms with Gasteiger partial charge in [-0.1, -0.05) is 12.1 Å². The van der Waals surface area contributed by atoms with Crippen LogP contribution in [0, 0.1) is 5.92 Å². The monoisotopic (exact) mass is 322 g/mol. The van der Waals surface area contributed by atoms with Crippen molar-refractivity contribution < 1.29 is 19.1 Å². The molecule has 23 heavy (non-hydrogen) atoms. The van der Waals surface area contributed by atoms with Crippen LogP contribution in [0.15, 0.2) is 24.3 Å². The summed E-state index contributed by atoms with van der Waals surface area (Å²) in [6.45, 7) is 5.93. The van der Waals surface area contributed by atoms with Gasteiger partial charge in [0, 0.05) is 6.54 Å². The number of carbonyl (C=O) groups excluding carboxylic acids is 2. The molecule has 6 heteroatoms. The average molecular weight is 322 g/mol. The summed E-state index contributed by atoms with van der Waals surface area (Å²) in [6, 6.07) is 7.51. The minimum atomic E-state index is -0.986. The summed E-state index contributed by atoms with van der Waals surface area (Å²) in [5.41, 5.74) is 5.71. The Balaban J connectivity index is 2.71. The highest BCUT2D eigenvalue weighted by atomic mass is 16.5. The van der Waals surface area contributed by atoms with Crippen LogP contribution in [0.25, 0.3) is 0 Å². The number of benzene rings is 1. The Labute approximate surface area is 137 Å². The second-order valence-corrected chi connectivity index (χ2v) is 5.93. The highest BCUT2D eigenvalue weighted by Crippen LogP contribution is 2.16.